The number of carbonyl (C=O) groups is 4. The molecule has 0 saturated carbocycles. The molecule has 0 aliphatic heterocycles. The molecule has 0 aromatic heterocycles. The van der Waals surface area contributed by atoms with E-state index in [2.05, 4.69) is 27.7 Å². The highest BCUT2D eigenvalue weighted by Crippen LogP contribution is 2.45. The summed E-state index contributed by atoms with van der Waals surface area (Å²) in [4.78, 5) is 72.5. The van der Waals surface area contributed by atoms with Crippen molar-refractivity contribution in [2.75, 3.05) is 39.6 Å². The highest BCUT2D eigenvalue weighted by atomic mass is 31.2. The Bertz CT molecular complexity index is 1760. The molecule has 0 radical (unpaired) electrons. The van der Waals surface area contributed by atoms with Crippen LogP contribution in [0.2, 0.25) is 0 Å². The van der Waals surface area contributed by atoms with Crippen LogP contribution in [0.5, 0.6) is 0 Å². The van der Waals surface area contributed by atoms with Gasteiger partial charge in [-0.15, -0.1) is 0 Å². The predicted octanol–water partition coefficient (Wildman–Crippen LogP) is 21.4. The van der Waals surface area contributed by atoms with E-state index in [0.29, 0.717) is 25.7 Å². The molecule has 0 amide bonds. The minimum absolute atomic E-state index is 0.107. The molecule has 0 spiro atoms. The van der Waals surface area contributed by atoms with E-state index < -0.39 is 97.5 Å². The highest BCUT2D eigenvalue weighted by molar-refractivity contribution is 7.47. The van der Waals surface area contributed by atoms with Gasteiger partial charge in [-0.25, -0.2) is 9.13 Å². The number of esters is 4. The second-order valence-electron chi connectivity index (χ2n) is 26.3. The van der Waals surface area contributed by atoms with Crippen LogP contribution < -0.4 is 0 Å². The Balaban J connectivity index is 5.16. The van der Waals surface area contributed by atoms with Gasteiger partial charge in [0.2, 0.25) is 0 Å². The number of hydrogen-bond donors (Lipinski definition) is 3. The number of phosphoric ester groups is 2. The summed E-state index contributed by atoms with van der Waals surface area (Å²) >= 11 is 0. The maximum absolute atomic E-state index is 13.1. The summed E-state index contributed by atoms with van der Waals surface area (Å²) in [6.07, 6.45) is 57.0. The van der Waals surface area contributed by atoms with Crippen molar-refractivity contribution in [3.8, 4) is 0 Å². The van der Waals surface area contributed by atoms with E-state index in [9.17, 15) is 43.2 Å². The van der Waals surface area contributed by atoms with Crippen LogP contribution in [0.1, 0.15) is 387 Å². The molecule has 5 atom stereocenters. The largest absolute Gasteiger partial charge is 0.472 e. The van der Waals surface area contributed by atoms with Gasteiger partial charge in [-0.3, -0.25) is 37.3 Å². The molecule has 17 nitrogen and oxygen atoms in total. The van der Waals surface area contributed by atoms with E-state index in [-0.39, 0.29) is 25.7 Å². The summed E-state index contributed by atoms with van der Waals surface area (Å²) in [5, 5.41) is 10.6. The molecular formula is C73H142O17P2. The molecule has 19 heteroatoms. The van der Waals surface area contributed by atoms with Crippen LogP contribution in [0.3, 0.4) is 0 Å². The average molecular weight is 1350 g/mol. The number of ether oxygens (including phenoxy) is 4. The van der Waals surface area contributed by atoms with Crippen molar-refractivity contribution in [1.29, 1.82) is 0 Å². The first-order valence-electron chi connectivity index (χ1n) is 38.3. The van der Waals surface area contributed by atoms with Gasteiger partial charge >= 0.3 is 39.5 Å². The zero-order valence-electron chi connectivity index (χ0n) is 59.5. The van der Waals surface area contributed by atoms with Crippen LogP contribution >= 0.6 is 15.6 Å². The molecular weight excluding hydrogens is 1210 g/mol. The van der Waals surface area contributed by atoms with E-state index in [1.54, 1.807) is 0 Å². The van der Waals surface area contributed by atoms with Gasteiger partial charge in [0.05, 0.1) is 26.4 Å². The van der Waals surface area contributed by atoms with Crippen LogP contribution in [0.4, 0.5) is 0 Å². The van der Waals surface area contributed by atoms with E-state index >= 15 is 0 Å². The maximum Gasteiger partial charge on any atom is 0.472 e. The molecule has 546 valence electrons. The van der Waals surface area contributed by atoms with E-state index in [0.717, 1.165) is 103 Å². The maximum atomic E-state index is 13.1. The first-order chi connectivity index (χ1) is 44.7. The minimum atomic E-state index is -4.95. The summed E-state index contributed by atoms with van der Waals surface area (Å²) < 4.78 is 68.3. The third-order valence-corrected chi connectivity index (χ3v) is 19.0. The summed E-state index contributed by atoms with van der Waals surface area (Å²) in [6, 6.07) is 0. The molecule has 3 N–H and O–H groups in total. The SMILES string of the molecule is CCCCCCCCCCCCCCCCCCCCCCC(=O)O[C@H](COC(=O)CCCCCCCCCCCCCCCC)COP(=O)(O)OC[C@@H](O)COP(=O)(O)OC[C@@H](COC(=O)CCCCCCCCC)OC(=O)CCCCCCCCCCCCC. The summed E-state index contributed by atoms with van der Waals surface area (Å²) in [5.74, 6) is -2.12. The quantitative estimate of drug-likeness (QED) is 0.0222. The third kappa shape index (κ3) is 66.7. The summed E-state index contributed by atoms with van der Waals surface area (Å²) in [6.45, 7) is 4.92. The van der Waals surface area contributed by atoms with Crippen molar-refractivity contribution in [3.05, 3.63) is 0 Å². The Hall–Kier alpha value is -1.94. The van der Waals surface area contributed by atoms with Crippen LogP contribution in [-0.2, 0) is 65.4 Å². The smallest absolute Gasteiger partial charge is 0.462 e. The number of carbonyl (C=O) groups excluding carboxylic acids is 4. The average Bonchev–Trinajstić information content (AvgIpc) is 3.73. The molecule has 2 unspecified atom stereocenters. The van der Waals surface area contributed by atoms with Crippen LogP contribution in [0.25, 0.3) is 0 Å². The fourth-order valence-corrected chi connectivity index (χ4v) is 12.8. The van der Waals surface area contributed by atoms with Crippen molar-refractivity contribution in [1.82, 2.24) is 0 Å². The zero-order chi connectivity index (χ0) is 67.5. The number of aliphatic hydroxyl groups is 1. The molecule has 0 rings (SSSR count). The lowest BCUT2D eigenvalue weighted by atomic mass is 10.0. The van der Waals surface area contributed by atoms with Gasteiger partial charge < -0.3 is 33.8 Å². The van der Waals surface area contributed by atoms with Gasteiger partial charge in [0.1, 0.15) is 19.3 Å². The molecule has 0 aliphatic rings. The Morgan fingerprint density at radius 2 is 0.435 bits per heavy atom. The second-order valence-corrected chi connectivity index (χ2v) is 29.2. The lowest BCUT2D eigenvalue weighted by Crippen LogP contribution is -2.30. The first kappa shape index (κ1) is 90.1. The number of hydrogen-bond acceptors (Lipinski definition) is 15. The Labute approximate surface area is 562 Å². The van der Waals surface area contributed by atoms with Gasteiger partial charge in [-0.2, -0.15) is 0 Å². The fraction of sp³-hybridized carbons (Fsp3) is 0.945. The zero-order valence-corrected chi connectivity index (χ0v) is 61.3. The molecule has 0 saturated heterocycles. The normalized spacial score (nSPS) is 13.9. The van der Waals surface area contributed by atoms with Crippen molar-refractivity contribution in [3.63, 3.8) is 0 Å². The molecule has 0 bridgehead atoms. The molecule has 0 fully saturated rings. The van der Waals surface area contributed by atoms with Gasteiger partial charge in [-0.05, 0) is 25.7 Å². The molecule has 0 aliphatic carbocycles. The van der Waals surface area contributed by atoms with Crippen molar-refractivity contribution in [2.45, 2.75) is 406 Å². The first-order valence-corrected chi connectivity index (χ1v) is 41.3. The van der Waals surface area contributed by atoms with Gasteiger partial charge in [-0.1, -0.05) is 336 Å². The predicted molar refractivity (Wildman–Crippen MR) is 372 cm³/mol. The standard InChI is InChI=1S/C73H142O17P2/c1-5-9-13-17-21-24-27-29-31-32-33-34-35-36-38-41-44-48-52-56-60-73(78)90-69(64-84-71(76)58-54-50-46-42-40-37-30-28-25-22-18-14-10-6-2)66-88-92(81,82)86-62-67(74)61-85-91(79,80)87-65-68(63-83-70(75)57-53-49-45-20-16-12-8-4)89-72(77)59-55-51-47-43-39-26-23-19-15-11-7-3/h67-69,74H,5-66H2,1-4H3,(H,79,80)(H,81,82)/t67-,68+,69+/m0/s1. The number of aliphatic hydroxyl groups excluding tert-OH is 1. The summed E-state index contributed by atoms with van der Waals surface area (Å²) in [7, 11) is -9.90. The molecule has 0 heterocycles. The molecule has 0 aromatic rings. The van der Waals surface area contributed by atoms with Crippen LogP contribution in [0, 0.1) is 0 Å². The Morgan fingerprint density at radius 3 is 0.641 bits per heavy atom. The Morgan fingerprint density at radius 1 is 0.261 bits per heavy atom. The second kappa shape index (κ2) is 67.6. The minimum Gasteiger partial charge on any atom is -0.462 e. The molecule has 92 heavy (non-hydrogen) atoms. The van der Waals surface area contributed by atoms with E-state index in [1.807, 2.05) is 0 Å². The number of phosphoric acid groups is 2. The van der Waals surface area contributed by atoms with E-state index in [4.69, 9.17) is 37.0 Å². The summed E-state index contributed by atoms with van der Waals surface area (Å²) in [5.41, 5.74) is 0. The van der Waals surface area contributed by atoms with Crippen LogP contribution in [0.15, 0.2) is 0 Å². The third-order valence-electron chi connectivity index (χ3n) is 17.1. The fourth-order valence-electron chi connectivity index (χ4n) is 11.2. The monoisotopic (exact) mass is 1350 g/mol. The molecule has 0 aromatic carbocycles. The van der Waals surface area contributed by atoms with Crippen molar-refractivity contribution >= 4 is 39.5 Å². The van der Waals surface area contributed by atoms with Crippen LogP contribution in [-0.4, -0.2) is 96.7 Å². The lowest BCUT2D eigenvalue weighted by Gasteiger charge is -2.21. The van der Waals surface area contributed by atoms with Crippen molar-refractivity contribution in [2.24, 2.45) is 0 Å². The van der Waals surface area contributed by atoms with Gasteiger partial charge in [0.25, 0.3) is 0 Å². The van der Waals surface area contributed by atoms with Gasteiger partial charge in [0.15, 0.2) is 12.2 Å². The van der Waals surface area contributed by atoms with Gasteiger partial charge in [0, 0.05) is 25.7 Å². The topological polar surface area (TPSA) is 237 Å². The van der Waals surface area contributed by atoms with E-state index in [1.165, 1.54) is 205 Å². The number of unbranched alkanes of at least 4 members (excludes halogenated alkanes) is 48. The lowest BCUT2D eigenvalue weighted by molar-refractivity contribution is -0.161. The Kier molecular flexibility index (Phi) is 66.2. The van der Waals surface area contributed by atoms with Crippen molar-refractivity contribution < 1.29 is 80.2 Å². The number of rotatable bonds is 74. The highest BCUT2D eigenvalue weighted by Gasteiger charge is 2.30.